The molecule has 0 amide bonds. The normalized spacial score (nSPS) is 21.5. The van der Waals surface area contributed by atoms with E-state index in [1.54, 1.807) is 25.4 Å². The minimum Gasteiger partial charge on any atom is -0.383 e. The van der Waals surface area contributed by atoms with E-state index in [0.717, 1.165) is 51.7 Å². The summed E-state index contributed by atoms with van der Waals surface area (Å²) in [4.78, 5) is 12.9. The molecule has 0 spiro atoms. The van der Waals surface area contributed by atoms with Crippen LogP contribution in [0, 0.1) is 22.6 Å². The van der Waals surface area contributed by atoms with Gasteiger partial charge >= 0.3 is 0 Å². The van der Waals surface area contributed by atoms with E-state index in [4.69, 9.17) is 4.74 Å². The Balaban J connectivity index is 1.37. The van der Waals surface area contributed by atoms with Crippen LogP contribution < -0.4 is 16.0 Å². The van der Waals surface area contributed by atoms with Gasteiger partial charge in [0.25, 0.3) is 0 Å². The summed E-state index contributed by atoms with van der Waals surface area (Å²) in [6.45, 7) is 2.13. The minimum atomic E-state index is -0.463. The first-order chi connectivity index (χ1) is 15.6. The quantitative estimate of drug-likeness (QED) is 0.484. The van der Waals surface area contributed by atoms with Crippen LogP contribution in [0.5, 0.6) is 0 Å². The molecule has 0 bridgehead atoms. The largest absolute Gasteiger partial charge is 0.383 e. The standard InChI is InChI=1S/C23H30FN7O/c1-32-11-10-26-16-2-4-17(5-3-16)30-21-12-18(19(24)13-28-21)22-27-9-6-20(31-22)29-15-23(14-25)7-8-23/h6,9,12-13,16-17,26H,2-5,7-8,10-11,15H2,1H3,(H,28,30)(H,27,29,31). The lowest BCUT2D eigenvalue weighted by Crippen LogP contribution is -2.38. The van der Waals surface area contributed by atoms with E-state index in [1.165, 1.54) is 6.20 Å². The molecule has 2 aliphatic carbocycles. The topological polar surface area (TPSA) is 108 Å². The first kappa shape index (κ1) is 22.4. The minimum absolute atomic E-state index is 0.289. The van der Waals surface area contributed by atoms with Gasteiger partial charge < -0.3 is 20.7 Å². The van der Waals surface area contributed by atoms with Crippen molar-refractivity contribution < 1.29 is 9.13 Å². The summed E-state index contributed by atoms with van der Waals surface area (Å²) < 4.78 is 19.6. The molecule has 0 saturated heterocycles. The number of methoxy groups -OCH3 is 1. The van der Waals surface area contributed by atoms with Crippen LogP contribution >= 0.6 is 0 Å². The van der Waals surface area contributed by atoms with E-state index < -0.39 is 5.82 Å². The molecule has 0 aliphatic heterocycles. The zero-order valence-corrected chi connectivity index (χ0v) is 18.4. The molecule has 2 heterocycles. The Morgan fingerprint density at radius 2 is 1.97 bits per heavy atom. The summed E-state index contributed by atoms with van der Waals surface area (Å²) in [5.74, 6) is 1.04. The molecule has 8 nitrogen and oxygen atoms in total. The molecule has 2 fully saturated rings. The van der Waals surface area contributed by atoms with Crippen molar-refractivity contribution in [1.29, 1.82) is 5.26 Å². The van der Waals surface area contributed by atoms with Crippen LogP contribution in [0.2, 0.25) is 0 Å². The second kappa shape index (κ2) is 10.2. The summed E-state index contributed by atoms with van der Waals surface area (Å²) in [6, 6.07) is 6.57. The van der Waals surface area contributed by atoms with E-state index in [9.17, 15) is 9.65 Å². The fourth-order valence-corrected chi connectivity index (χ4v) is 4.03. The van der Waals surface area contributed by atoms with Crippen molar-refractivity contribution in [3.8, 4) is 17.5 Å². The second-order valence-electron chi connectivity index (χ2n) is 8.70. The second-order valence-corrected chi connectivity index (χ2v) is 8.70. The van der Waals surface area contributed by atoms with Crippen LogP contribution in [0.4, 0.5) is 16.0 Å². The molecule has 32 heavy (non-hydrogen) atoms. The average Bonchev–Trinajstić information content (AvgIpc) is 3.61. The Hall–Kier alpha value is -2.83. The molecular weight excluding hydrogens is 409 g/mol. The molecule has 0 atom stereocenters. The molecule has 4 rings (SSSR count). The summed E-state index contributed by atoms with van der Waals surface area (Å²) in [5.41, 5.74) is 0.0186. The van der Waals surface area contributed by atoms with Gasteiger partial charge in [-0.2, -0.15) is 5.26 Å². The van der Waals surface area contributed by atoms with E-state index in [-0.39, 0.29) is 5.41 Å². The highest BCUT2D eigenvalue weighted by atomic mass is 19.1. The maximum absolute atomic E-state index is 14.6. The van der Waals surface area contributed by atoms with Crippen molar-refractivity contribution in [3.05, 3.63) is 30.3 Å². The monoisotopic (exact) mass is 439 g/mol. The smallest absolute Gasteiger partial charge is 0.164 e. The van der Waals surface area contributed by atoms with Gasteiger partial charge in [0, 0.05) is 38.5 Å². The predicted octanol–water partition coefficient (Wildman–Crippen LogP) is 3.35. The van der Waals surface area contributed by atoms with Crippen LogP contribution in [-0.4, -0.2) is 53.8 Å². The highest BCUT2D eigenvalue weighted by molar-refractivity contribution is 5.61. The molecule has 3 N–H and O–H groups in total. The Labute approximate surface area is 188 Å². The summed E-state index contributed by atoms with van der Waals surface area (Å²) >= 11 is 0. The van der Waals surface area contributed by atoms with Crippen LogP contribution in [0.15, 0.2) is 24.5 Å². The first-order valence-corrected chi connectivity index (χ1v) is 11.2. The number of aromatic nitrogens is 3. The predicted molar refractivity (Wildman–Crippen MR) is 121 cm³/mol. The fraction of sp³-hybridized carbons (Fsp3) is 0.565. The third-order valence-electron chi connectivity index (χ3n) is 6.27. The molecule has 9 heteroatoms. The van der Waals surface area contributed by atoms with Gasteiger partial charge in [-0.3, -0.25) is 0 Å². The van der Waals surface area contributed by atoms with Crippen LogP contribution in [0.3, 0.4) is 0 Å². The van der Waals surface area contributed by atoms with Crippen molar-refractivity contribution in [2.45, 2.75) is 50.6 Å². The van der Waals surface area contributed by atoms with Gasteiger partial charge in [0.05, 0.1) is 29.9 Å². The molecule has 0 unspecified atom stereocenters. The fourth-order valence-electron chi connectivity index (χ4n) is 4.03. The van der Waals surface area contributed by atoms with Gasteiger partial charge in [0.15, 0.2) is 11.6 Å². The maximum Gasteiger partial charge on any atom is 0.164 e. The van der Waals surface area contributed by atoms with Gasteiger partial charge in [-0.1, -0.05) is 0 Å². The third kappa shape index (κ3) is 5.69. The van der Waals surface area contributed by atoms with Gasteiger partial charge in [0.2, 0.25) is 0 Å². The van der Waals surface area contributed by atoms with Gasteiger partial charge in [0.1, 0.15) is 11.6 Å². The highest BCUT2D eigenvalue weighted by Gasteiger charge is 2.42. The van der Waals surface area contributed by atoms with Crippen LogP contribution in [0.25, 0.3) is 11.4 Å². The molecule has 2 aromatic rings. The molecular formula is C23H30FN7O. The van der Waals surface area contributed by atoms with Crippen molar-refractivity contribution in [3.63, 3.8) is 0 Å². The maximum atomic E-state index is 14.6. The zero-order valence-electron chi connectivity index (χ0n) is 18.4. The Bertz CT molecular complexity index is 952. The number of nitriles is 1. The number of ether oxygens (including phenoxy) is 1. The van der Waals surface area contributed by atoms with Gasteiger partial charge in [-0.25, -0.2) is 19.3 Å². The number of anilines is 2. The Morgan fingerprint density at radius 3 is 2.69 bits per heavy atom. The lowest BCUT2D eigenvalue weighted by Gasteiger charge is -2.30. The van der Waals surface area contributed by atoms with Crippen molar-refractivity contribution in [1.82, 2.24) is 20.3 Å². The number of nitrogens with zero attached hydrogens (tertiary/aromatic N) is 4. The SMILES string of the molecule is COCCNC1CCC(Nc2cc(-c3nccc(NCC4(C#N)CC4)n3)c(F)cn2)CC1. The van der Waals surface area contributed by atoms with Crippen molar-refractivity contribution in [2.75, 3.05) is 37.4 Å². The summed E-state index contributed by atoms with van der Waals surface area (Å²) in [7, 11) is 1.71. The average molecular weight is 440 g/mol. The molecule has 0 radical (unpaired) electrons. The molecule has 2 aromatic heterocycles. The van der Waals surface area contributed by atoms with Crippen LogP contribution in [-0.2, 0) is 4.74 Å². The van der Waals surface area contributed by atoms with E-state index >= 15 is 0 Å². The summed E-state index contributed by atoms with van der Waals surface area (Å²) in [5, 5.41) is 19.4. The van der Waals surface area contributed by atoms with E-state index in [1.807, 2.05) is 0 Å². The van der Waals surface area contributed by atoms with E-state index in [0.29, 0.717) is 41.7 Å². The molecule has 170 valence electrons. The van der Waals surface area contributed by atoms with E-state index in [2.05, 4.69) is 37.0 Å². The van der Waals surface area contributed by atoms with Gasteiger partial charge in [-0.15, -0.1) is 0 Å². The number of hydrogen-bond donors (Lipinski definition) is 3. The number of pyridine rings is 1. The lowest BCUT2D eigenvalue weighted by atomic mass is 9.91. The molecule has 2 saturated carbocycles. The first-order valence-electron chi connectivity index (χ1n) is 11.2. The van der Waals surface area contributed by atoms with Crippen molar-refractivity contribution in [2.24, 2.45) is 5.41 Å². The highest BCUT2D eigenvalue weighted by Crippen LogP contribution is 2.44. The molecule has 2 aliphatic rings. The summed E-state index contributed by atoms with van der Waals surface area (Å²) in [6.07, 6.45) is 8.81. The van der Waals surface area contributed by atoms with Gasteiger partial charge in [-0.05, 0) is 50.7 Å². The Kier molecular flexibility index (Phi) is 7.12. The van der Waals surface area contributed by atoms with Crippen LogP contribution in [0.1, 0.15) is 38.5 Å². The Morgan fingerprint density at radius 1 is 1.19 bits per heavy atom. The number of hydrogen-bond acceptors (Lipinski definition) is 8. The number of rotatable bonds is 10. The van der Waals surface area contributed by atoms with Crippen molar-refractivity contribution >= 4 is 11.6 Å². The lowest BCUT2D eigenvalue weighted by molar-refractivity contribution is 0.191. The molecule has 0 aromatic carbocycles. The number of halogens is 1. The zero-order chi connectivity index (χ0) is 22.4. The third-order valence-corrected chi connectivity index (χ3v) is 6.27. The number of nitrogens with one attached hydrogen (secondary N) is 3.